The zero-order chi connectivity index (χ0) is 15.7. The third kappa shape index (κ3) is 8.15. The maximum absolute atomic E-state index is 12.1. The van der Waals surface area contributed by atoms with Crippen LogP contribution in [0.3, 0.4) is 0 Å². The van der Waals surface area contributed by atoms with Crippen LogP contribution >= 0.6 is 0 Å². The lowest BCUT2D eigenvalue weighted by atomic mass is 9.99. The van der Waals surface area contributed by atoms with Crippen molar-refractivity contribution in [2.75, 3.05) is 7.11 Å². The van der Waals surface area contributed by atoms with Gasteiger partial charge in [0.2, 0.25) is 5.91 Å². The van der Waals surface area contributed by atoms with Crippen LogP contribution in [-0.4, -0.2) is 31.1 Å². The topological polar surface area (TPSA) is 81.4 Å². The Labute approximate surface area is 122 Å². The fourth-order valence-corrected chi connectivity index (χ4v) is 2.02. The van der Waals surface area contributed by atoms with E-state index in [1.54, 1.807) is 0 Å². The van der Waals surface area contributed by atoms with Crippen molar-refractivity contribution in [3.8, 4) is 0 Å². The van der Waals surface area contributed by atoms with Gasteiger partial charge in [-0.2, -0.15) is 0 Å². The molecule has 118 valence electrons. The number of nitrogens with one attached hydrogen (secondary N) is 1. The van der Waals surface area contributed by atoms with Crippen molar-refractivity contribution in [3.05, 3.63) is 0 Å². The molecule has 0 aliphatic carbocycles. The summed E-state index contributed by atoms with van der Waals surface area (Å²) in [6.45, 7) is 7.85. The minimum absolute atomic E-state index is 0.0919. The molecule has 0 aromatic carbocycles. The van der Waals surface area contributed by atoms with Crippen molar-refractivity contribution in [1.82, 2.24) is 5.32 Å². The maximum Gasteiger partial charge on any atom is 0.328 e. The Morgan fingerprint density at radius 3 is 2.20 bits per heavy atom. The lowest BCUT2D eigenvalue weighted by Crippen LogP contribution is -2.44. The smallest absolute Gasteiger partial charge is 0.328 e. The largest absolute Gasteiger partial charge is 0.467 e. The van der Waals surface area contributed by atoms with E-state index >= 15 is 0 Å². The van der Waals surface area contributed by atoms with Crippen molar-refractivity contribution < 1.29 is 14.3 Å². The zero-order valence-corrected chi connectivity index (χ0v) is 13.4. The number of methoxy groups -OCH3 is 1. The summed E-state index contributed by atoms with van der Waals surface area (Å²) in [7, 11) is 1.34. The summed E-state index contributed by atoms with van der Waals surface area (Å²) in [4.78, 5) is 23.7. The van der Waals surface area contributed by atoms with E-state index in [1.165, 1.54) is 7.11 Å². The van der Waals surface area contributed by atoms with E-state index in [4.69, 9.17) is 10.5 Å². The molecule has 2 unspecified atom stereocenters. The quantitative estimate of drug-likeness (QED) is 0.634. The van der Waals surface area contributed by atoms with Crippen molar-refractivity contribution in [1.29, 1.82) is 0 Å². The summed E-state index contributed by atoms with van der Waals surface area (Å²) >= 11 is 0. The van der Waals surface area contributed by atoms with Crippen LogP contribution in [0.1, 0.15) is 53.4 Å². The number of carbonyl (C=O) groups excluding carboxylic acids is 2. The number of carbonyl (C=O) groups is 2. The molecule has 0 bridgehead atoms. The second-order valence-corrected chi connectivity index (χ2v) is 6.02. The molecule has 0 aromatic heterocycles. The summed E-state index contributed by atoms with van der Waals surface area (Å²) in [5, 5.41) is 2.79. The first-order valence-electron chi connectivity index (χ1n) is 7.41. The molecule has 0 saturated heterocycles. The lowest BCUT2D eigenvalue weighted by molar-refractivity contribution is -0.146. The van der Waals surface area contributed by atoms with Gasteiger partial charge in [-0.3, -0.25) is 4.79 Å². The van der Waals surface area contributed by atoms with Gasteiger partial charge in [0.05, 0.1) is 7.11 Å². The van der Waals surface area contributed by atoms with Gasteiger partial charge in [-0.25, -0.2) is 4.79 Å². The van der Waals surface area contributed by atoms with Gasteiger partial charge in [-0.1, -0.05) is 27.2 Å². The molecule has 0 aliphatic rings. The highest BCUT2D eigenvalue weighted by atomic mass is 16.5. The van der Waals surface area contributed by atoms with Gasteiger partial charge in [-0.15, -0.1) is 0 Å². The SMILES string of the molecule is COC(=O)[C@H](CC(C)C)NC(=O)C(C)CCCC(C)N. The molecule has 5 nitrogen and oxygen atoms in total. The Hall–Kier alpha value is -1.10. The molecule has 20 heavy (non-hydrogen) atoms. The van der Waals surface area contributed by atoms with E-state index in [0.29, 0.717) is 12.3 Å². The fraction of sp³-hybridized carbons (Fsp3) is 0.867. The van der Waals surface area contributed by atoms with Gasteiger partial charge >= 0.3 is 5.97 Å². The molecule has 3 N–H and O–H groups in total. The standard InChI is InChI=1S/C15H30N2O3/c1-10(2)9-13(15(19)20-5)17-14(18)11(3)7-6-8-12(4)16/h10-13H,6-9,16H2,1-5H3,(H,17,18)/t11?,12?,13-/m0/s1. The van der Waals surface area contributed by atoms with Crippen LogP contribution in [0.4, 0.5) is 0 Å². The first-order valence-corrected chi connectivity index (χ1v) is 7.41. The van der Waals surface area contributed by atoms with E-state index in [9.17, 15) is 9.59 Å². The highest BCUT2D eigenvalue weighted by Crippen LogP contribution is 2.12. The van der Waals surface area contributed by atoms with E-state index in [2.05, 4.69) is 5.32 Å². The maximum atomic E-state index is 12.1. The summed E-state index contributed by atoms with van der Waals surface area (Å²) in [6.07, 6.45) is 3.19. The molecular weight excluding hydrogens is 256 g/mol. The summed E-state index contributed by atoms with van der Waals surface area (Å²) in [5.74, 6) is -0.276. The molecule has 0 fully saturated rings. The Kier molecular flexibility index (Phi) is 9.21. The zero-order valence-electron chi connectivity index (χ0n) is 13.4. The van der Waals surface area contributed by atoms with Crippen molar-refractivity contribution in [2.45, 2.75) is 65.5 Å². The predicted octanol–water partition coefficient (Wildman–Crippen LogP) is 1.84. The normalized spacial score (nSPS) is 15.6. The first-order chi connectivity index (χ1) is 9.27. The van der Waals surface area contributed by atoms with Crippen LogP contribution in [-0.2, 0) is 14.3 Å². The Morgan fingerprint density at radius 2 is 1.75 bits per heavy atom. The summed E-state index contributed by atoms with van der Waals surface area (Å²) in [6, 6.07) is -0.391. The van der Waals surface area contributed by atoms with Gasteiger partial charge in [0.25, 0.3) is 0 Å². The summed E-state index contributed by atoms with van der Waals surface area (Å²) in [5.41, 5.74) is 5.69. The number of nitrogens with two attached hydrogens (primary N) is 1. The molecule has 0 spiro atoms. The molecule has 0 radical (unpaired) electrons. The van der Waals surface area contributed by atoms with Crippen molar-refractivity contribution >= 4 is 11.9 Å². The van der Waals surface area contributed by atoms with Crippen molar-refractivity contribution in [3.63, 3.8) is 0 Å². The third-order valence-electron chi connectivity index (χ3n) is 3.25. The molecule has 0 aromatic rings. The first kappa shape index (κ1) is 18.9. The molecule has 0 rings (SSSR count). The Balaban J connectivity index is 4.32. The van der Waals surface area contributed by atoms with Gasteiger partial charge in [0.15, 0.2) is 0 Å². The molecule has 0 aliphatic heterocycles. The molecule has 0 saturated carbocycles. The fourth-order valence-electron chi connectivity index (χ4n) is 2.02. The number of ether oxygens (including phenoxy) is 1. The van der Waals surface area contributed by atoms with Crippen LogP contribution in [0.15, 0.2) is 0 Å². The monoisotopic (exact) mass is 286 g/mol. The lowest BCUT2D eigenvalue weighted by Gasteiger charge is -2.20. The van der Waals surface area contributed by atoms with Gasteiger partial charge in [0.1, 0.15) is 6.04 Å². The second kappa shape index (κ2) is 9.75. The second-order valence-electron chi connectivity index (χ2n) is 6.02. The summed E-state index contributed by atoms with van der Waals surface area (Å²) < 4.78 is 4.74. The molecular formula is C15H30N2O3. The average Bonchev–Trinajstić information content (AvgIpc) is 2.35. The number of esters is 1. The molecule has 1 amide bonds. The van der Waals surface area contributed by atoms with Crippen LogP contribution < -0.4 is 11.1 Å². The van der Waals surface area contributed by atoms with E-state index in [-0.39, 0.29) is 23.8 Å². The van der Waals surface area contributed by atoms with E-state index in [0.717, 1.165) is 19.3 Å². The minimum Gasteiger partial charge on any atom is -0.467 e. The van der Waals surface area contributed by atoms with E-state index < -0.39 is 6.04 Å². The number of hydrogen-bond acceptors (Lipinski definition) is 4. The molecule has 5 heteroatoms. The average molecular weight is 286 g/mol. The van der Waals surface area contributed by atoms with Crippen molar-refractivity contribution in [2.24, 2.45) is 17.6 Å². The van der Waals surface area contributed by atoms with Crippen LogP contribution in [0.25, 0.3) is 0 Å². The Bertz CT molecular complexity index is 303. The van der Waals surface area contributed by atoms with Gasteiger partial charge in [-0.05, 0) is 32.1 Å². The van der Waals surface area contributed by atoms with Crippen LogP contribution in [0.5, 0.6) is 0 Å². The highest BCUT2D eigenvalue weighted by Gasteiger charge is 2.24. The predicted molar refractivity (Wildman–Crippen MR) is 80.1 cm³/mol. The van der Waals surface area contributed by atoms with Crippen LogP contribution in [0, 0.1) is 11.8 Å². The molecule has 0 heterocycles. The Morgan fingerprint density at radius 1 is 1.15 bits per heavy atom. The van der Waals surface area contributed by atoms with Gasteiger partial charge < -0.3 is 15.8 Å². The number of amides is 1. The van der Waals surface area contributed by atoms with Crippen LogP contribution in [0.2, 0.25) is 0 Å². The number of rotatable bonds is 9. The molecule has 3 atom stereocenters. The minimum atomic E-state index is -0.552. The third-order valence-corrected chi connectivity index (χ3v) is 3.25. The van der Waals surface area contributed by atoms with Gasteiger partial charge in [0, 0.05) is 12.0 Å². The van der Waals surface area contributed by atoms with E-state index in [1.807, 2.05) is 27.7 Å². The highest BCUT2D eigenvalue weighted by molar-refractivity contribution is 5.85. The number of hydrogen-bond donors (Lipinski definition) is 2.